The van der Waals surface area contributed by atoms with E-state index in [0.717, 1.165) is 40.6 Å². The number of aryl methyl sites for hydroxylation is 2. The Morgan fingerprint density at radius 1 is 1.20 bits per heavy atom. The molecule has 3 heteroatoms. The molecular weight excluding hydrogens is 248 g/mol. The maximum atomic E-state index is 10.8. The van der Waals surface area contributed by atoms with Crippen LogP contribution in [0.4, 0.5) is 0 Å². The minimum atomic E-state index is -0.0336. The fourth-order valence-corrected chi connectivity index (χ4v) is 3.80. The summed E-state index contributed by atoms with van der Waals surface area (Å²) in [6.45, 7) is 4.73. The number of aromatic nitrogens is 1. The van der Waals surface area contributed by atoms with Crippen LogP contribution < -0.4 is 5.73 Å². The molecule has 3 nitrogen and oxygen atoms in total. The molecule has 0 amide bonds. The number of phenolic OH excluding ortho intramolecular Hbond substituents is 1. The van der Waals surface area contributed by atoms with Crippen LogP contribution in [0.15, 0.2) is 12.1 Å². The van der Waals surface area contributed by atoms with Crippen molar-refractivity contribution in [1.82, 2.24) is 4.98 Å². The summed E-state index contributed by atoms with van der Waals surface area (Å²) in [5, 5.41) is 11.8. The number of benzene rings is 1. The highest BCUT2D eigenvalue weighted by atomic mass is 16.3. The molecule has 3 rings (SSSR count). The molecule has 4 N–H and O–H groups in total. The highest BCUT2D eigenvalue weighted by molar-refractivity contribution is 5.91. The Labute approximate surface area is 120 Å². The van der Waals surface area contributed by atoms with Gasteiger partial charge in [-0.15, -0.1) is 0 Å². The van der Waals surface area contributed by atoms with Gasteiger partial charge in [0.25, 0.3) is 0 Å². The van der Waals surface area contributed by atoms with Crippen molar-refractivity contribution in [2.75, 3.05) is 6.54 Å². The second kappa shape index (κ2) is 4.81. The standard InChI is InChI=1S/C17H24N2O/c1-11-12(2)19-14-7-6-13(16(20)15(11)14)17(10-18)8-4-3-5-9-17/h6-7,19-20H,3-5,8-10,18H2,1-2H3. The normalized spacial score (nSPS) is 18.6. The van der Waals surface area contributed by atoms with E-state index in [9.17, 15) is 5.11 Å². The van der Waals surface area contributed by atoms with Gasteiger partial charge in [0, 0.05) is 34.1 Å². The van der Waals surface area contributed by atoms with Gasteiger partial charge in [0.15, 0.2) is 0 Å². The van der Waals surface area contributed by atoms with Gasteiger partial charge < -0.3 is 15.8 Å². The van der Waals surface area contributed by atoms with E-state index in [1.54, 1.807) is 0 Å². The molecule has 0 bridgehead atoms. The Bertz CT molecular complexity index is 636. The van der Waals surface area contributed by atoms with Gasteiger partial charge in [-0.25, -0.2) is 0 Å². The Balaban J connectivity index is 2.20. The van der Waals surface area contributed by atoms with Crippen LogP contribution in [0.1, 0.15) is 48.9 Å². The zero-order chi connectivity index (χ0) is 14.3. The van der Waals surface area contributed by atoms with Gasteiger partial charge in [-0.3, -0.25) is 0 Å². The number of rotatable bonds is 2. The van der Waals surface area contributed by atoms with Crippen molar-refractivity contribution in [1.29, 1.82) is 0 Å². The van der Waals surface area contributed by atoms with Crippen molar-refractivity contribution in [3.8, 4) is 5.75 Å². The molecule has 0 aliphatic heterocycles. The van der Waals surface area contributed by atoms with Crippen molar-refractivity contribution >= 4 is 10.9 Å². The predicted molar refractivity (Wildman–Crippen MR) is 83.3 cm³/mol. The van der Waals surface area contributed by atoms with E-state index in [1.807, 2.05) is 6.92 Å². The molecule has 0 radical (unpaired) electrons. The summed E-state index contributed by atoms with van der Waals surface area (Å²) in [4.78, 5) is 3.34. The first-order chi connectivity index (χ1) is 9.59. The van der Waals surface area contributed by atoms with Crippen molar-refractivity contribution in [3.05, 3.63) is 29.0 Å². The van der Waals surface area contributed by atoms with Crippen LogP contribution in [0, 0.1) is 13.8 Å². The lowest BCUT2D eigenvalue weighted by Crippen LogP contribution is -2.37. The number of phenols is 1. The van der Waals surface area contributed by atoms with Crippen LogP contribution in [0.25, 0.3) is 10.9 Å². The summed E-state index contributed by atoms with van der Waals surface area (Å²) in [5.41, 5.74) is 10.4. The number of nitrogens with two attached hydrogens (primary N) is 1. The number of H-pyrrole nitrogens is 1. The Hall–Kier alpha value is -1.48. The molecule has 0 saturated heterocycles. The van der Waals surface area contributed by atoms with E-state index in [-0.39, 0.29) is 5.41 Å². The van der Waals surface area contributed by atoms with Crippen LogP contribution in [0.5, 0.6) is 5.75 Å². The second-order valence-corrected chi connectivity index (χ2v) is 6.30. The average Bonchev–Trinajstić information content (AvgIpc) is 2.76. The minimum Gasteiger partial charge on any atom is -0.507 e. The highest BCUT2D eigenvalue weighted by Gasteiger charge is 2.35. The highest BCUT2D eigenvalue weighted by Crippen LogP contribution is 2.45. The topological polar surface area (TPSA) is 62.0 Å². The zero-order valence-corrected chi connectivity index (χ0v) is 12.4. The van der Waals surface area contributed by atoms with E-state index in [2.05, 4.69) is 24.0 Å². The molecule has 0 spiro atoms. The van der Waals surface area contributed by atoms with E-state index < -0.39 is 0 Å². The molecule has 1 fully saturated rings. The van der Waals surface area contributed by atoms with E-state index in [0.29, 0.717) is 12.3 Å². The van der Waals surface area contributed by atoms with Crippen molar-refractivity contribution < 1.29 is 5.11 Å². The number of hydrogen-bond acceptors (Lipinski definition) is 2. The van der Waals surface area contributed by atoms with Gasteiger partial charge >= 0.3 is 0 Å². The van der Waals surface area contributed by atoms with Crippen molar-refractivity contribution in [3.63, 3.8) is 0 Å². The fraction of sp³-hybridized carbons (Fsp3) is 0.529. The van der Waals surface area contributed by atoms with Crippen LogP contribution >= 0.6 is 0 Å². The number of aromatic amines is 1. The quantitative estimate of drug-likeness (QED) is 0.781. The molecular formula is C17H24N2O. The third-order valence-corrected chi connectivity index (χ3v) is 5.21. The third kappa shape index (κ3) is 1.84. The molecule has 1 aromatic carbocycles. The summed E-state index contributed by atoms with van der Waals surface area (Å²) >= 11 is 0. The summed E-state index contributed by atoms with van der Waals surface area (Å²) in [6, 6.07) is 4.17. The Morgan fingerprint density at radius 3 is 2.55 bits per heavy atom. The molecule has 20 heavy (non-hydrogen) atoms. The van der Waals surface area contributed by atoms with E-state index in [1.165, 1.54) is 19.3 Å². The lowest BCUT2D eigenvalue weighted by atomic mass is 9.69. The van der Waals surface area contributed by atoms with Crippen LogP contribution in [-0.4, -0.2) is 16.6 Å². The first-order valence-electron chi connectivity index (χ1n) is 7.60. The molecule has 108 valence electrons. The first-order valence-corrected chi connectivity index (χ1v) is 7.60. The number of aromatic hydroxyl groups is 1. The van der Waals surface area contributed by atoms with Gasteiger partial charge in [-0.2, -0.15) is 0 Å². The molecule has 1 aliphatic rings. The van der Waals surface area contributed by atoms with Gasteiger partial charge in [0.1, 0.15) is 5.75 Å². The molecule has 1 aliphatic carbocycles. The minimum absolute atomic E-state index is 0.0336. The lowest BCUT2D eigenvalue weighted by molar-refractivity contribution is 0.291. The SMILES string of the molecule is Cc1[nH]c2ccc(C3(CN)CCCCC3)c(O)c2c1C. The zero-order valence-electron chi connectivity index (χ0n) is 12.4. The Morgan fingerprint density at radius 2 is 1.90 bits per heavy atom. The van der Waals surface area contributed by atoms with Gasteiger partial charge in [0.05, 0.1) is 0 Å². The predicted octanol–water partition coefficient (Wildman–Crippen LogP) is 3.65. The van der Waals surface area contributed by atoms with Gasteiger partial charge in [-0.05, 0) is 38.3 Å². The van der Waals surface area contributed by atoms with Crippen molar-refractivity contribution in [2.45, 2.75) is 51.4 Å². The maximum Gasteiger partial charge on any atom is 0.129 e. The van der Waals surface area contributed by atoms with Crippen LogP contribution in [0.2, 0.25) is 0 Å². The molecule has 1 aromatic heterocycles. The van der Waals surface area contributed by atoms with Crippen LogP contribution in [-0.2, 0) is 5.41 Å². The number of fused-ring (bicyclic) bond motifs is 1. The lowest BCUT2D eigenvalue weighted by Gasteiger charge is -2.37. The molecule has 1 heterocycles. The molecule has 0 atom stereocenters. The van der Waals surface area contributed by atoms with E-state index >= 15 is 0 Å². The fourth-order valence-electron chi connectivity index (χ4n) is 3.80. The van der Waals surface area contributed by atoms with Gasteiger partial charge in [-0.1, -0.05) is 25.3 Å². The number of nitrogens with one attached hydrogen (secondary N) is 1. The smallest absolute Gasteiger partial charge is 0.129 e. The summed E-state index contributed by atoms with van der Waals surface area (Å²) < 4.78 is 0. The Kier molecular flexibility index (Phi) is 3.25. The third-order valence-electron chi connectivity index (χ3n) is 5.21. The molecule has 0 unspecified atom stereocenters. The molecule has 1 saturated carbocycles. The summed E-state index contributed by atoms with van der Waals surface area (Å²) in [6.07, 6.45) is 5.88. The number of hydrogen-bond donors (Lipinski definition) is 3. The molecule has 2 aromatic rings. The van der Waals surface area contributed by atoms with Gasteiger partial charge in [0.2, 0.25) is 0 Å². The second-order valence-electron chi connectivity index (χ2n) is 6.30. The summed E-state index contributed by atoms with van der Waals surface area (Å²) in [7, 11) is 0. The summed E-state index contributed by atoms with van der Waals surface area (Å²) in [5.74, 6) is 0.441. The van der Waals surface area contributed by atoms with Crippen molar-refractivity contribution in [2.24, 2.45) is 5.73 Å². The average molecular weight is 272 g/mol. The van der Waals surface area contributed by atoms with Crippen LogP contribution in [0.3, 0.4) is 0 Å². The van der Waals surface area contributed by atoms with E-state index in [4.69, 9.17) is 5.73 Å². The monoisotopic (exact) mass is 272 g/mol. The maximum absolute atomic E-state index is 10.8. The first kappa shape index (κ1) is 13.5. The largest absolute Gasteiger partial charge is 0.507 e.